The van der Waals surface area contributed by atoms with Gasteiger partial charge < -0.3 is 14.2 Å². The van der Waals surface area contributed by atoms with E-state index in [-0.39, 0.29) is 33.8 Å². The fraction of sp³-hybridized carbons (Fsp3) is 0.377. The third-order valence-electron chi connectivity index (χ3n) is 16.5. The predicted molar refractivity (Wildman–Crippen MR) is 277 cm³/mol. The minimum atomic E-state index is -0.124. The number of rotatable bonds is 2. The zero-order valence-corrected chi connectivity index (χ0v) is 40.8. The first-order chi connectivity index (χ1) is 30.7. The summed E-state index contributed by atoms with van der Waals surface area (Å²) >= 11 is 0. The molecule has 0 amide bonds. The summed E-state index contributed by atoms with van der Waals surface area (Å²) in [6, 6.07) is 45.6. The second-order valence-electron chi connectivity index (χ2n) is 24.7. The highest BCUT2D eigenvalue weighted by Crippen LogP contribution is 2.67. The van der Waals surface area contributed by atoms with E-state index in [1.807, 2.05) is 0 Å². The van der Waals surface area contributed by atoms with Gasteiger partial charge in [0, 0.05) is 39.1 Å². The molecule has 1 aromatic heterocycles. The number of furan rings is 1. The molecule has 2 aliphatic heterocycles. The van der Waals surface area contributed by atoms with E-state index in [0.29, 0.717) is 5.92 Å². The van der Waals surface area contributed by atoms with Crippen LogP contribution in [0.3, 0.4) is 0 Å². The van der Waals surface area contributed by atoms with Crippen LogP contribution in [0.25, 0.3) is 22.1 Å². The van der Waals surface area contributed by atoms with Crippen LogP contribution >= 0.6 is 0 Å². The summed E-state index contributed by atoms with van der Waals surface area (Å²) in [5.74, 6) is 1.48. The maximum atomic E-state index is 7.50. The Morgan fingerprint density at radius 1 is 0.554 bits per heavy atom. The van der Waals surface area contributed by atoms with Gasteiger partial charge in [-0.2, -0.15) is 0 Å². The Labute approximate surface area is 388 Å². The van der Waals surface area contributed by atoms with Crippen LogP contribution < -0.4 is 26.4 Å². The van der Waals surface area contributed by atoms with Crippen LogP contribution in [-0.2, 0) is 27.1 Å². The highest BCUT2D eigenvalue weighted by Gasteiger charge is 2.58. The molecule has 6 aromatic carbocycles. The normalized spacial score (nSPS) is 20.6. The molecule has 2 bridgehead atoms. The lowest BCUT2D eigenvalue weighted by atomic mass is 9.35. The molecule has 5 aliphatic rings. The maximum Gasteiger partial charge on any atom is 0.297 e. The average Bonchev–Trinajstić information content (AvgIpc) is 4.03. The SMILES string of the molecule is CC(C)(C)c1ccc(N2c3ccc(C(C)(C)C)cc3B3c4oc5ccc(C(C)(C)C)cc5c4N(c4cccc5c4-c4ccccc4C54CC5CCC4C5)c4cc(C(C)(C)C)cc2c43)cc1. The monoisotopic (exact) mass is 853 g/mol. The van der Waals surface area contributed by atoms with Crippen molar-refractivity contribution in [1.82, 2.24) is 0 Å². The van der Waals surface area contributed by atoms with Crippen LogP contribution in [0.15, 0.2) is 120 Å². The van der Waals surface area contributed by atoms with Crippen LogP contribution in [0.4, 0.5) is 34.1 Å². The summed E-state index contributed by atoms with van der Waals surface area (Å²) in [5.41, 5.74) is 23.1. The summed E-state index contributed by atoms with van der Waals surface area (Å²) in [5, 5.41) is 1.19. The topological polar surface area (TPSA) is 19.6 Å². The summed E-state index contributed by atoms with van der Waals surface area (Å²) in [6.45, 7) is 28.0. The maximum absolute atomic E-state index is 7.50. The van der Waals surface area contributed by atoms with E-state index in [1.54, 1.807) is 5.56 Å². The molecule has 3 heterocycles. The molecule has 3 nitrogen and oxygen atoms in total. The molecule has 3 aliphatic carbocycles. The molecular formula is C61H65BN2O. The van der Waals surface area contributed by atoms with Gasteiger partial charge in [-0.3, -0.25) is 0 Å². The standard InChI is InChI=1S/C61H65BN2O/c1-57(2,3)37-22-26-42(27-23-37)63-48-28-24-39(59(7,8)9)32-47(48)62-54-50(63)33-41(60(10,11)12)34-51(54)64(55-44-31-38(58(4,5)6)25-29-52(44)65-56(55)62)49-19-15-18-46-53(49)43-16-13-14-17-45(43)61(46)35-36-20-21-40(61)30-36/h13-19,22-29,31-34,36,40H,20-21,30,35H2,1-12H3. The molecule has 7 aromatic rings. The fourth-order valence-corrected chi connectivity index (χ4v) is 13.1. The molecule has 3 unspecified atom stereocenters. The minimum Gasteiger partial charge on any atom is -0.468 e. The second-order valence-corrected chi connectivity index (χ2v) is 24.7. The van der Waals surface area contributed by atoms with Gasteiger partial charge in [-0.25, -0.2) is 0 Å². The number of hydrogen-bond acceptors (Lipinski definition) is 3. The van der Waals surface area contributed by atoms with Crippen molar-refractivity contribution in [1.29, 1.82) is 0 Å². The van der Waals surface area contributed by atoms with E-state index in [9.17, 15) is 0 Å². The molecule has 1 spiro atoms. The van der Waals surface area contributed by atoms with Crippen molar-refractivity contribution >= 4 is 68.4 Å². The lowest BCUT2D eigenvalue weighted by Crippen LogP contribution is -2.61. The van der Waals surface area contributed by atoms with Crippen LogP contribution in [-0.4, -0.2) is 6.71 Å². The predicted octanol–water partition coefficient (Wildman–Crippen LogP) is 14.8. The third-order valence-corrected chi connectivity index (χ3v) is 16.5. The summed E-state index contributed by atoms with van der Waals surface area (Å²) in [7, 11) is 0. The number of benzene rings is 6. The molecule has 328 valence electrons. The van der Waals surface area contributed by atoms with E-state index in [1.165, 1.54) is 115 Å². The van der Waals surface area contributed by atoms with Crippen molar-refractivity contribution in [2.75, 3.05) is 9.80 Å². The second kappa shape index (κ2) is 13.3. The Kier molecular flexibility index (Phi) is 8.41. The smallest absolute Gasteiger partial charge is 0.297 e. The third kappa shape index (κ3) is 5.80. The van der Waals surface area contributed by atoms with Gasteiger partial charge in [0.2, 0.25) is 0 Å². The molecule has 65 heavy (non-hydrogen) atoms. The van der Waals surface area contributed by atoms with E-state index in [0.717, 1.165) is 17.2 Å². The van der Waals surface area contributed by atoms with Crippen molar-refractivity contribution in [3.05, 3.63) is 149 Å². The van der Waals surface area contributed by atoms with Crippen LogP contribution in [0.5, 0.6) is 0 Å². The van der Waals surface area contributed by atoms with Crippen molar-refractivity contribution in [2.45, 2.75) is 136 Å². The fourth-order valence-electron chi connectivity index (χ4n) is 13.1. The van der Waals surface area contributed by atoms with E-state index in [4.69, 9.17) is 4.42 Å². The lowest BCUT2D eigenvalue weighted by Gasteiger charge is -2.44. The quantitative estimate of drug-likeness (QED) is 0.162. The first-order valence-electron chi connectivity index (χ1n) is 24.6. The summed E-state index contributed by atoms with van der Waals surface area (Å²) in [6.07, 6.45) is 5.30. The molecular weight excluding hydrogens is 787 g/mol. The van der Waals surface area contributed by atoms with Crippen molar-refractivity contribution in [3.63, 3.8) is 0 Å². The first-order valence-corrected chi connectivity index (χ1v) is 24.6. The molecule has 3 atom stereocenters. The Bertz CT molecular complexity index is 3120. The van der Waals surface area contributed by atoms with Crippen LogP contribution in [0.2, 0.25) is 0 Å². The Hall–Kier alpha value is -5.48. The molecule has 0 saturated heterocycles. The van der Waals surface area contributed by atoms with E-state index >= 15 is 0 Å². The zero-order valence-electron chi connectivity index (χ0n) is 40.8. The van der Waals surface area contributed by atoms with Crippen molar-refractivity contribution in [2.24, 2.45) is 11.8 Å². The number of hydrogen-bond donors (Lipinski definition) is 0. The van der Waals surface area contributed by atoms with Gasteiger partial charge in [0.1, 0.15) is 5.58 Å². The molecule has 0 N–H and O–H groups in total. The number of anilines is 6. The van der Waals surface area contributed by atoms with Gasteiger partial charge in [-0.05, 0) is 151 Å². The Morgan fingerprint density at radius 3 is 1.85 bits per heavy atom. The van der Waals surface area contributed by atoms with Crippen LogP contribution in [0, 0.1) is 11.8 Å². The lowest BCUT2D eigenvalue weighted by molar-refractivity contribution is 0.327. The van der Waals surface area contributed by atoms with Gasteiger partial charge in [-0.1, -0.05) is 156 Å². The Balaban J connectivity index is 1.22. The van der Waals surface area contributed by atoms with E-state index in [2.05, 4.69) is 208 Å². The van der Waals surface area contributed by atoms with Crippen LogP contribution in [0.1, 0.15) is 142 Å². The number of fused-ring (bicyclic) bond motifs is 14. The molecule has 0 radical (unpaired) electrons. The molecule has 2 fully saturated rings. The zero-order chi connectivity index (χ0) is 45.3. The highest BCUT2D eigenvalue weighted by molar-refractivity contribution is 7.00. The molecule has 4 heteroatoms. The largest absolute Gasteiger partial charge is 0.468 e. The van der Waals surface area contributed by atoms with Gasteiger partial charge in [0.05, 0.1) is 17.0 Å². The molecule has 2 saturated carbocycles. The number of nitrogens with zero attached hydrogens (tertiary/aromatic N) is 2. The highest BCUT2D eigenvalue weighted by atomic mass is 16.3. The van der Waals surface area contributed by atoms with Crippen molar-refractivity contribution in [3.8, 4) is 11.1 Å². The van der Waals surface area contributed by atoms with Gasteiger partial charge >= 0.3 is 0 Å². The minimum absolute atomic E-state index is 0.0362. The first kappa shape index (κ1) is 41.0. The van der Waals surface area contributed by atoms with Gasteiger partial charge in [-0.15, -0.1) is 0 Å². The summed E-state index contributed by atoms with van der Waals surface area (Å²) in [4.78, 5) is 5.27. The van der Waals surface area contributed by atoms with E-state index < -0.39 is 0 Å². The Morgan fingerprint density at radius 2 is 1.18 bits per heavy atom. The average molecular weight is 853 g/mol. The van der Waals surface area contributed by atoms with Crippen molar-refractivity contribution < 1.29 is 4.42 Å². The molecule has 12 rings (SSSR count). The van der Waals surface area contributed by atoms with Gasteiger partial charge in [0.25, 0.3) is 6.71 Å². The van der Waals surface area contributed by atoms with Gasteiger partial charge in [0.15, 0.2) is 0 Å². The summed E-state index contributed by atoms with van der Waals surface area (Å²) < 4.78 is 7.50.